The molecule has 0 saturated carbocycles. The van der Waals surface area contributed by atoms with Gasteiger partial charge < -0.3 is 14.9 Å². The van der Waals surface area contributed by atoms with Gasteiger partial charge in [-0.3, -0.25) is 0 Å². The third kappa shape index (κ3) is 3.03. The number of aliphatic hydroxyl groups excluding tert-OH is 2. The van der Waals surface area contributed by atoms with Crippen molar-refractivity contribution in [1.82, 2.24) is 4.98 Å². The second-order valence-electron chi connectivity index (χ2n) is 3.53. The number of rotatable bonds is 4. The largest absolute Gasteiger partial charge is 0.439 e. The Bertz CT molecular complexity index is 454. The van der Waals surface area contributed by atoms with Gasteiger partial charge in [0.2, 0.25) is 5.88 Å². The van der Waals surface area contributed by atoms with E-state index in [2.05, 4.69) is 4.98 Å². The van der Waals surface area contributed by atoms with Gasteiger partial charge in [-0.05, 0) is 23.8 Å². The van der Waals surface area contributed by atoms with Crippen LogP contribution in [0.15, 0.2) is 42.5 Å². The molecule has 0 aliphatic carbocycles. The summed E-state index contributed by atoms with van der Waals surface area (Å²) in [5, 5.41) is 18.0. The molecule has 1 aromatic carbocycles. The van der Waals surface area contributed by atoms with Crippen LogP contribution in [0, 0.1) is 0 Å². The summed E-state index contributed by atoms with van der Waals surface area (Å²) in [4.78, 5) is 4.11. The second-order valence-corrected chi connectivity index (χ2v) is 3.53. The molecule has 0 aliphatic heterocycles. The molecule has 0 spiro atoms. The van der Waals surface area contributed by atoms with E-state index in [0.29, 0.717) is 17.3 Å². The van der Waals surface area contributed by atoms with Crippen molar-refractivity contribution >= 4 is 0 Å². The van der Waals surface area contributed by atoms with Gasteiger partial charge in [-0.2, -0.15) is 0 Å². The molecule has 0 radical (unpaired) electrons. The lowest BCUT2D eigenvalue weighted by molar-refractivity contribution is 0.275. The molecule has 1 aromatic heterocycles. The molecule has 88 valence electrons. The molecule has 2 N–H and O–H groups in total. The zero-order chi connectivity index (χ0) is 12.1. The zero-order valence-corrected chi connectivity index (χ0v) is 9.21. The molecule has 0 unspecified atom stereocenters. The summed E-state index contributed by atoms with van der Waals surface area (Å²) in [5.74, 6) is 1.03. The van der Waals surface area contributed by atoms with Crippen LogP contribution in [-0.2, 0) is 13.2 Å². The number of pyridine rings is 1. The number of nitrogens with zero attached hydrogens (tertiary/aromatic N) is 1. The van der Waals surface area contributed by atoms with Crippen LogP contribution < -0.4 is 4.74 Å². The van der Waals surface area contributed by atoms with Crippen LogP contribution in [0.25, 0.3) is 0 Å². The van der Waals surface area contributed by atoms with E-state index in [0.717, 1.165) is 5.56 Å². The van der Waals surface area contributed by atoms with Gasteiger partial charge in [-0.15, -0.1) is 0 Å². The molecule has 0 bridgehead atoms. The number of aromatic nitrogens is 1. The van der Waals surface area contributed by atoms with Crippen molar-refractivity contribution in [3.8, 4) is 11.6 Å². The van der Waals surface area contributed by atoms with Crippen molar-refractivity contribution in [2.75, 3.05) is 0 Å². The Balaban J connectivity index is 2.18. The van der Waals surface area contributed by atoms with Crippen LogP contribution in [0.3, 0.4) is 0 Å². The summed E-state index contributed by atoms with van der Waals surface area (Å²) in [6.07, 6.45) is 0. The van der Waals surface area contributed by atoms with Crippen molar-refractivity contribution in [2.24, 2.45) is 0 Å². The molecule has 4 nitrogen and oxygen atoms in total. The Morgan fingerprint density at radius 2 is 1.82 bits per heavy atom. The second kappa shape index (κ2) is 5.43. The molecule has 4 heteroatoms. The van der Waals surface area contributed by atoms with Crippen molar-refractivity contribution < 1.29 is 14.9 Å². The topological polar surface area (TPSA) is 62.6 Å². The first-order valence-electron chi connectivity index (χ1n) is 5.26. The highest BCUT2D eigenvalue weighted by Crippen LogP contribution is 2.20. The number of ether oxygens (including phenoxy) is 1. The number of benzene rings is 1. The summed E-state index contributed by atoms with van der Waals surface area (Å²) in [6.45, 7) is -0.144. The number of aliphatic hydroxyl groups is 2. The summed E-state index contributed by atoms with van der Waals surface area (Å²) < 4.78 is 5.53. The van der Waals surface area contributed by atoms with E-state index in [9.17, 15) is 0 Å². The predicted molar refractivity (Wildman–Crippen MR) is 62.6 cm³/mol. The predicted octanol–water partition coefficient (Wildman–Crippen LogP) is 1.86. The van der Waals surface area contributed by atoms with Crippen molar-refractivity contribution in [3.05, 3.63) is 53.7 Å². The lowest BCUT2D eigenvalue weighted by Gasteiger charge is -2.06. The highest BCUT2D eigenvalue weighted by molar-refractivity contribution is 5.31. The third-order valence-electron chi connectivity index (χ3n) is 2.25. The van der Waals surface area contributed by atoms with Gasteiger partial charge in [0.1, 0.15) is 5.75 Å². The minimum atomic E-state index is -0.117. The molecule has 0 aliphatic rings. The monoisotopic (exact) mass is 231 g/mol. The lowest BCUT2D eigenvalue weighted by Crippen LogP contribution is -1.93. The van der Waals surface area contributed by atoms with Crippen LogP contribution in [0.2, 0.25) is 0 Å². The molecule has 2 rings (SSSR count). The van der Waals surface area contributed by atoms with E-state index in [-0.39, 0.29) is 13.2 Å². The maximum Gasteiger partial charge on any atom is 0.219 e. The highest BCUT2D eigenvalue weighted by atomic mass is 16.5. The summed E-state index contributed by atoms with van der Waals surface area (Å²) in [5.41, 5.74) is 1.33. The van der Waals surface area contributed by atoms with Crippen LogP contribution in [0.1, 0.15) is 11.3 Å². The van der Waals surface area contributed by atoms with Crippen molar-refractivity contribution in [3.63, 3.8) is 0 Å². The molecule has 2 aromatic rings. The quantitative estimate of drug-likeness (QED) is 0.843. The molecule has 0 atom stereocenters. The SMILES string of the molecule is OCc1cccc(Oc2cccc(CO)n2)c1. The molecule has 17 heavy (non-hydrogen) atoms. The maximum absolute atomic E-state index is 9.01. The van der Waals surface area contributed by atoms with Crippen LogP contribution >= 0.6 is 0 Å². The normalized spacial score (nSPS) is 10.2. The number of hydrogen-bond acceptors (Lipinski definition) is 4. The average Bonchev–Trinajstić information content (AvgIpc) is 2.39. The average molecular weight is 231 g/mol. The van der Waals surface area contributed by atoms with E-state index in [1.165, 1.54) is 0 Å². The van der Waals surface area contributed by atoms with E-state index in [4.69, 9.17) is 14.9 Å². The first-order valence-corrected chi connectivity index (χ1v) is 5.26. The molecular weight excluding hydrogens is 218 g/mol. The Kier molecular flexibility index (Phi) is 3.69. The molecule has 1 heterocycles. The Morgan fingerprint density at radius 1 is 1.00 bits per heavy atom. The van der Waals surface area contributed by atoms with E-state index >= 15 is 0 Å². The molecule has 0 amide bonds. The fourth-order valence-electron chi connectivity index (χ4n) is 1.43. The van der Waals surface area contributed by atoms with Crippen LogP contribution in [0.4, 0.5) is 0 Å². The molecule has 0 saturated heterocycles. The Hall–Kier alpha value is -1.91. The van der Waals surface area contributed by atoms with Crippen molar-refractivity contribution in [2.45, 2.75) is 13.2 Å². The number of hydrogen-bond donors (Lipinski definition) is 2. The van der Waals surface area contributed by atoms with Crippen LogP contribution in [0.5, 0.6) is 11.6 Å². The first kappa shape index (κ1) is 11.6. The van der Waals surface area contributed by atoms with Gasteiger partial charge in [-0.25, -0.2) is 4.98 Å². The highest BCUT2D eigenvalue weighted by Gasteiger charge is 2.01. The third-order valence-corrected chi connectivity index (χ3v) is 2.25. The molecule has 0 fully saturated rings. The lowest BCUT2D eigenvalue weighted by atomic mass is 10.2. The standard InChI is InChI=1S/C13H13NO3/c15-8-10-3-1-5-12(7-10)17-13-6-2-4-11(9-16)14-13/h1-7,15-16H,8-9H2. The van der Waals surface area contributed by atoms with E-state index in [1.54, 1.807) is 36.4 Å². The minimum Gasteiger partial charge on any atom is -0.439 e. The summed E-state index contributed by atoms with van der Waals surface area (Å²) >= 11 is 0. The molecular formula is C13H13NO3. The van der Waals surface area contributed by atoms with Gasteiger partial charge in [0.15, 0.2) is 0 Å². The van der Waals surface area contributed by atoms with Gasteiger partial charge in [0, 0.05) is 6.07 Å². The van der Waals surface area contributed by atoms with E-state index < -0.39 is 0 Å². The summed E-state index contributed by atoms with van der Waals surface area (Å²) in [7, 11) is 0. The Labute approximate surface area is 99.1 Å². The zero-order valence-electron chi connectivity index (χ0n) is 9.21. The van der Waals surface area contributed by atoms with Gasteiger partial charge >= 0.3 is 0 Å². The maximum atomic E-state index is 9.01. The van der Waals surface area contributed by atoms with Gasteiger partial charge in [0.05, 0.1) is 18.9 Å². The van der Waals surface area contributed by atoms with Gasteiger partial charge in [0.25, 0.3) is 0 Å². The van der Waals surface area contributed by atoms with Crippen LogP contribution in [-0.4, -0.2) is 15.2 Å². The first-order chi connectivity index (χ1) is 8.31. The van der Waals surface area contributed by atoms with Gasteiger partial charge in [-0.1, -0.05) is 18.2 Å². The van der Waals surface area contributed by atoms with Crippen molar-refractivity contribution in [1.29, 1.82) is 0 Å². The summed E-state index contributed by atoms with van der Waals surface area (Å²) in [6, 6.07) is 12.3. The minimum absolute atomic E-state index is 0.0265. The fraction of sp³-hybridized carbons (Fsp3) is 0.154. The fourth-order valence-corrected chi connectivity index (χ4v) is 1.43. The smallest absolute Gasteiger partial charge is 0.219 e. The van der Waals surface area contributed by atoms with E-state index in [1.807, 2.05) is 6.07 Å². The Morgan fingerprint density at radius 3 is 2.59 bits per heavy atom.